The highest BCUT2D eigenvalue weighted by Gasteiger charge is 2.17. The van der Waals surface area contributed by atoms with Gasteiger partial charge >= 0.3 is 0 Å². The van der Waals surface area contributed by atoms with Gasteiger partial charge in [-0.2, -0.15) is 4.98 Å². The zero-order chi connectivity index (χ0) is 22.8. The van der Waals surface area contributed by atoms with Crippen molar-refractivity contribution in [3.63, 3.8) is 0 Å². The fourth-order valence-electron chi connectivity index (χ4n) is 4.46. The van der Waals surface area contributed by atoms with Crippen LogP contribution in [0.15, 0.2) is 76.1 Å². The first-order chi connectivity index (χ1) is 16.1. The third-order valence-electron chi connectivity index (χ3n) is 6.25. The predicted molar refractivity (Wildman–Crippen MR) is 138 cm³/mol. The molecule has 7 heteroatoms. The maximum atomic E-state index is 12.9. The van der Waals surface area contributed by atoms with E-state index in [1.807, 2.05) is 31.2 Å². The van der Waals surface area contributed by atoms with Gasteiger partial charge in [-0.3, -0.25) is 9.36 Å². The minimum Gasteiger partial charge on any atom is -0.372 e. The lowest BCUT2D eigenvalue weighted by molar-refractivity contribution is 0.578. The van der Waals surface area contributed by atoms with Crippen LogP contribution in [0, 0.1) is 0 Å². The number of fused-ring (bicyclic) bond motifs is 1. The van der Waals surface area contributed by atoms with E-state index in [1.165, 1.54) is 24.9 Å². The summed E-state index contributed by atoms with van der Waals surface area (Å²) < 4.78 is 2.68. The van der Waals surface area contributed by atoms with Crippen molar-refractivity contribution in [3.8, 4) is 0 Å². The van der Waals surface area contributed by atoms with E-state index in [0.717, 1.165) is 34.2 Å². The number of nitrogens with one attached hydrogen (secondary N) is 1. The van der Waals surface area contributed by atoms with Gasteiger partial charge in [-0.05, 0) is 68.1 Å². The summed E-state index contributed by atoms with van der Waals surface area (Å²) in [4.78, 5) is 24.5. The molecule has 5 rings (SSSR count). The van der Waals surface area contributed by atoms with Crippen LogP contribution in [0.2, 0.25) is 0 Å². The average Bonchev–Trinajstić information content (AvgIpc) is 2.85. The molecular weight excluding hydrogens is 478 g/mol. The Morgan fingerprint density at radius 2 is 1.73 bits per heavy atom. The van der Waals surface area contributed by atoms with E-state index in [0.29, 0.717) is 11.6 Å². The van der Waals surface area contributed by atoms with Crippen LogP contribution >= 0.6 is 15.9 Å². The molecule has 0 saturated carbocycles. The molecular formula is C26H26BrN5O. The fourth-order valence-corrected chi connectivity index (χ4v) is 5.08. The number of aromatic nitrogens is 3. The summed E-state index contributed by atoms with van der Waals surface area (Å²) in [7, 11) is 0. The van der Waals surface area contributed by atoms with E-state index < -0.39 is 0 Å². The van der Waals surface area contributed by atoms with E-state index in [-0.39, 0.29) is 11.6 Å². The smallest absolute Gasteiger partial charge is 0.252 e. The molecule has 0 amide bonds. The largest absolute Gasteiger partial charge is 0.372 e. The van der Waals surface area contributed by atoms with E-state index in [2.05, 4.69) is 55.4 Å². The number of nitrogens with zero attached hydrogens (tertiary/aromatic N) is 4. The highest BCUT2D eigenvalue weighted by Crippen LogP contribution is 2.28. The summed E-state index contributed by atoms with van der Waals surface area (Å²) in [6.45, 7) is 4.25. The van der Waals surface area contributed by atoms with E-state index >= 15 is 0 Å². The van der Waals surface area contributed by atoms with Gasteiger partial charge in [-0.15, -0.1) is 0 Å². The lowest BCUT2D eigenvalue weighted by Gasteiger charge is -2.28. The zero-order valence-electron chi connectivity index (χ0n) is 18.5. The second kappa shape index (κ2) is 9.35. The minimum atomic E-state index is -0.191. The van der Waals surface area contributed by atoms with Gasteiger partial charge in [0.15, 0.2) is 0 Å². The van der Waals surface area contributed by atoms with Crippen LogP contribution in [0.4, 0.5) is 17.3 Å². The minimum absolute atomic E-state index is 0.0960. The van der Waals surface area contributed by atoms with Gasteiger partial charge in [-0.1, -0.05) is 34.1 Å². The van der Waals surface area contributed by atoms with Crippen molar-refractivity contribution in [2.24, 2.45) is 0 Å². The molecule has 0 bridgehead atoms. The standard InChI is InChI=1S/C26H26BrN5O/c1-18(22-7-3-4-8-23(22)27)32-24(33)14-9-19-17-28-26(30-25(19)32)29-20-10-12-21(13-11-20)31-15-5-2-6-16-31/h3-4,7-14,17-18H,2,5-6,15-16H2,1H3,(H,28,29,30). The lowest BCUT2D eigenvalue weighted by atomic mass is 10.1. The SMILES string of the molecule is CC(c1ccccc1Br)n1c(=O)ccc2cnc(Nc3ccc(N4CCCCC4)cc3)nc21. The van der Waals surface area contributed by atoms with Crippen LogP contribution < -0.4 is 15.8 Å². The Balaban J connectivity index is 1.46. The van der Waals surface area contributed by atoms with Gasteiger partial charge in [0.2, 0.25) is 5.95 Å². The monoisotopic (exact) mass is 503 g/mol. The Bertz CT molecular complexity index is 1330. The summed E-state index contributed by atoms with van der Waals surface area (Å²) in [5.74, 6) is 0.465. The van der Waals surface area contributed by atoms with Gasteiger partial charge in [0, 0.05) is 46.6 Å². The number of piperidine rings is 1. The molecule has 3 heterocycles. The third-order valence-corrected chi connectivity index (χ3v) is 6.98. The van der Waals surface area contributed by atoms with Crippen molar-refractivity contribution in [2.75, 3.05) is 23.3 Å². The van der Waals surface area contributed by atoms with E-state index in [1.54, 1.807) is 22.9 Å². The molecule has 33 heavy (non-hydrogen) atoms. The molecule has 168 valence electrons. The number of benzene rings is 2. The number of hydrogen-bond donors (Lipinski definition) is 1. The molecule has 0 aliphatic carbocycles. The maximum absolute atomic E-state index is 12.9. The second-order valence-corrected chi connectivity index (χ2v) is 9.29. The van der Waals surface area contributed by atoms with Crippen molar-refractivity contribution < 1.29 is 0 Å². The van der Waals surface area contributed by atoms with Crippen molar-refractivity contribution in [1.29, 1.82) is 0 Å². The Morgan fingerprint density at radius 3 is 2.48 bits per heavy atom. The summed E-state index contributed by atoms with van der Waals surface area (Å²) in [5.41, 5.74) is 3.69. The summed E-state index contributed by atoms with van der Waals surface area (Å²) in [6, 6.07) is 19.5. The van der Waals surface area contributed by atoms with Gasteiger partial charge in [0.1, 0.15) is 5.65 Å². The average molecular weight is 504 g/mol. The van der Waals surface area contributed by atoms with Gasteiger partial charge in [-0.25, -0.2) is 4.98 Å². The van der Waals surface area contributed by atoms with Gasteiger partial charge in [0.25, 0.3) is 5.56 Å². The number of halogens is 1. The lowest BCUT2D eigenvalue weighted by Crippen LogP contribution is -2.29. The summed E-state index contributed by atoms with van der Waals surface area (Å²) in [5, 5.41) is 4.12. The van der Waals surface area contributed by atoms with E-state index in [9.17, 15) is 4.79 Å². The van der Waals surface area contributed by atoms with E-state index in [4.69, 9.17) is 4.98 Å². The molecule has 1 N–H and O–H groups in total. The highest BCUT2D eigenvalue weighted by atomic mass is 79.9. The number of rotatable bonds is 5. The van der Waals surface area contributed by atoms with Crippen LogP contribution in [-0.4, -0.2) is 27.6 Å². The Kier molecular flexibility index (Phi) is 6.13. The molecule has 4 aromatic rings. The van der Waals surface area contributed by atoms with Crippen LogP contribution in [0.5, 0.6) is 0 Å². The molecule has 1 fully saturated rings. The van der Waals surface area contributed by atoms with Gasteiger partial charge < -0.3 is 10.2 Å². The molecule has 0 spiro atoms. The fraction of sp³-hybridized carbons (Fsp3) is 0.269. The molecule has 0 radical (unpaired) electrons. The Morgan fingerprint density at radius 1 is 0.970 bits per heavy atom. The predicted octanol–water partition coefficient (Wildman–Crippen LogP) is 5.90. The van der Waals surface area contributed by atoms with Crippen molar-refractivity contribution >= 4 is 44.3 Å². The zero-order valence-corrected chi connectivity index (χ0v) is 20.1. The first-order valence-electron chi connectivity index (χ1n) is 11.3. The third kappa shape index (κ3) is 4.50. The highest BCUT2D eigenvalue weighted by molar-refractivity contribution is 9.10. The number of hydrogen-bond acceptors (Lipinski definition) is 5. The number of pyridine rings is 1. The van der Waals surface area contributed by atoms with Crippen LogP contribution in [0.3, 0.4) is 0 Å². The first-order valence-corrected chi connectivity index (χ1v) is 12.1. The van der Waals surface area contributed by atoms with Crippen LogP contribution in [0.1, 0.15) is 37.8 Å². The van der Waals surface area contributed by atoms with Crippen LogP contribution in [0.25, 0.3) is 11.0 Å². The van der Waals surface area contributed by atoms with Crippen molar-refractivity contribution in [2.45, 2.75) is 32.2 Å². The van der Waals surface area contributed by atoms with Crippen molar-refractivity contribution in [1.82, 2.24) is 14.5 Å². The normalized spacial score (nSPS) is 14.9. The Labute approximate surface area is 201 Å². The summed E-state index contributed by atoms with van der Waals surface area (Å²) in [6.07, 6.45) is 5.59. The summed E-state index contributed by atoms with van der Waals surface area (Å²) >= 11 is 3.61. The Hall–Kier alpha value is -3.19. The van der Waals surface area contributed by atoms with Gasteiger partial charge in [0.05, 0.1) is 6.04 Å². The van der Waals surface area contributed by atoms with Crippen LogP contribution in [-0.2, 0) is 0 Å². The molecule has 6 nitrogen and oxygen atoms in total. The molecule has 2 aromatic heterocycles. The first kappa shape index (κ1) is 21.6. The molecule has 1 saturated heterocycles. The molecule has 1 aliphatic rings. The second-order valence-electron chi connectivity index (χ2n) is 8.43. The topological polar surface area (TPSA) is 63.1 Å². The molecule has 1 aliphatic heterocycles. The van der Waals surface area contributed by atoms with Crippen molar-refractivity contribution in [3.05, 3.63) is 87.3 Å². The maximum Gasteiger partial charge on any atom is 0.252 e. The molecule has 1 atom stereocenters. The molecule has 1 unspecified atom stereocenters. The number of anilines is 3. The quantitative estimate of drug-likeness (QED) is 0.367. The molecule has 2 aromatic carbocycles.